The molecule has 0 fully saturated rings. The van der Waals surface area contributed by atoms with E-state index < -0.39 is 0 Å². The SMILES string of the molecule is CCCN(C(=O)N(C)CC)c1ccccc1N. The van der Waals surface area contributed by atoms with E-state index in [0.29, 0.717) is 18.8 Å². The number of hydrogen-bond donors (Lipinski definition) is 1. The molecule has 0 spiro atoms. The molecular weight excluding hydrogens is 214 g/mol. The van der Waals surface area contributed by atoms with Crippen LogP contribution in [0.1, 0.15) is 20.3 Å². The van der Waals surface area contributed by atoms with E-state index in [2.05, 4.69) is 0 Å². The number of carbonyl (C=O) groups is 1. The molecule has 17 heavy (non-hydrogen) atoms. The van der Waals surface area contributed by atoms with Crippen LogP contribution in [0.3, 0.4) is 0 Å². The predicted molar refractivity (Wildman–Crippen MR) is 72.2 cm³/mol. The van der Waals surface area contributed by atoms with Gasteiger partial charge in [-0.15, -0.1) is 0 Å². The molecule has 0 radical (unpaired) electrons. The Kier molecular flexibility index (Phi) is 4.82. The normalized spacial score (nSPS) is 10.1. The fraction of sp³-hybridized carbons (Fsp3) is 0.462. The van der Waals surface area contributed by atoms with Gasteiger partial charge in [0.25, 0.3) is 0 Å². The van der Waals surface area contributed by atoms with Crippen LogP contribution in [-0.2, 0) is 0 Å². The Bertz CT molecular complexity index is 379. The second kappa shape index (κ2) is 6.13. The molecule has 4 heteroatoms. The summed E-state index contributed by atoms with van der Waals surface area (Å²) in [5.41, 5.74) is 7.35. The summed E-state index contributed by atoms with van der Waals surface area (Å²) in [4.78, 5) is 15.6. The first-order chi connectivity index (χ1) is 8.11. The molecule has 0 unspecified atom stereocenters. The Hall–Kier alpha value is -1.71. The Morgan fingerprint density at radius 2 is 1.94 bits per heavy atom. The highest BCUT2D eigenvalue weighted by atomic mass is 16.2. The summed E-state index contributed by atoms with van der Waals surface area (Å²) in [6, 6.07) is 7.46. The summed E-state index contributed by atoms with van der Waals surface area (Å²) in [5.74, 6) is 0. The molecule has 94 valence electrons. The van der Waals surface area contributed by atoms with Gasteiger partial charge < -0.3 is 10.6 Å². The minimum atomic E-state index is -0.00718. The highest BCUT2D eigenvalue weighted by Crippen LogP contribution is 2.23. The number of amides is 2. The van der Waals surface area contributed by atoms with Crippen LogP contribution in [0.2, 0.25) is 0 Å². The van der Waals surface area contributed by atoms with Crippen LogP contribution in [-0.4, -0.2) is 31.1 Å². The lowest BCUT2D eigenvalue weighted by Gasteiger charge is -2.28. The fourth-order valence-corrected chi connectivity index (χ4v) is 1.62. The number of para-hydroxylation sites is 2. The number of urea groups is 1. The molecule has 0 aliphatic heterocycles. The Morgan fingerprint density at radius 1 is 1.29 bits per heavy atom. The van der Waals surface area contributed by atoms with Gasteiger partial charge >= 0.3 is 6.03 Å². The topological polar surface area (TPSA) is 49.6 Å². The molecule has 0 aromatic heterocycles. The number of hydrogen-bond acceptors (Lipinski definition) is 2. The van der Waals surface area contributed by atoms with Crippen molar-refractivity contribution in [3.8, 4) is 0 Å². The molecule has 0 bridgehead atoms. The van der Waals surface area contributed by atoms with Crippen molar-refractivity contribution in [3.63, 3.8) is 0 Å². The third kappa shape index (κ3) is 3.12. The van der Waals surface area contributed by atoms with E-state index in [-0.39, 0.29) is 6.03 Å². The minimum Gasteiger partial charge on any atom is -0.397 e. The Labute approximate surface area is 103 Å². The zero-order valence-electron chi connectivity index (χ0n) is 10.8. The second-order valence-electron chi connectivity index (χ2n) is 4.01. The molecule has 2 amide bonds. The zero-order valence-corrected chi connectivity index (χ0v) is 10.8. The van der Waals surface area contributed by atoms with E-state index in [1.807, 2.05) is 38.1 Å². The molecule has 2 N–H and O–H groups in total. The number of rotatable bonds is 4. The number of anilines is 2. The van der Waals surface area contributed by atoms with E-state index in [4.69, 9.17) is 5.73 Å². The molecule has 0 saturated carbocycles. The van der Waals surface area contributed by atoms with Crippen LogP contribution < -0.4 is 10.6 Å². The van der Waals surface area contributed by atoms with E-state index >= 15 is 0 Å². The van der Waals surface area contributed by atoms with Gasteiger partial charge in [0.1, 0.15) is 0 Å². The Morgan fingerprint density at radius 3 is 2.47 bits per heavy atom. The summed E-state index contributed by atoms with van der Waals surface area (Å²) >= 11 is 0. The van der Waals surface area contributed by atoms with Crippen molar-refractivity contribution in [2.24, 2.45) is 0 Å². The fourth-order valence-electron chi connectivity index (χ4n) is 1.62. The maximum Gasteiger partial charge on any atom is 0.324 e. The van der Waals surface area contributed by atoms with E-state index in [9.17, 15) is 4.79 Å². The standard InChI is InChI=1S/C13H21N3O/c1-4-10-16(13(17)15(3)5-2)12-9-7-6-8-11(12)14/h6-9H,4-5,10,14H2,1-3H3. The van der Waals surface area contributed by atoms with Gasteiger partial charge in [0.05, 0.1) is 11.4 Å². The molecule has 1 aromatic rings. The highest BCUT2D eigenvalue weighted by molar-refractivity contribution is 5.94. The lowest BCUT2D eigenvalue weighted by Crippen LogP contribution is -2.42. The average molecular weight is 235 g/mol. The van der Waals surface area contributed by atoms with Crippen LogP contribution in [0.5, 0.6) is 0 Å². The number of benzene rings is 1. The van der Waals surface area contributed by atoms with Crippen LogP contribution in [0.15, 0.2) is 24.3 Å². The summed E-state index contributed by atoms with van der Waals surface area (Å²) in [6.45, 7) is 5.37. The molecule has 1 rings (SSSR count). The molecule has 0 atom stereocenters. The number of nitrogens with zero attached hydrogens (tertiary/aromatic N) is 2. The van der Waals surface area contributed by atoms with Gasteiger partial charge in [0.15, 0.2) is 0 Å². The van der Waals surface area contributed by atoms with Crippen LogP contribution in [0.25, 0.3) is 0 Å². The molecule has 0 heterocycles. The van der Waals surface area contributed by atoms with Crippen LogP contribution >= 0.6 is 0 Å². The summed E-state index contributed by atoms with van der Waals surface area (Å²) in [5, 5.41) is 0. The first-order valence-electron chi connectivity index (χ1n) is 5.98. The smallest absolute Gasteiger partial charge is 0.324 e. The van der Waals surface area contributed by atoms with Gasteiger partial charge in [-0.05, 0) is 25.5 Å². The Balaban J connectivity index is 3.01. The van der Waals surface area contributed by atoms with Crippen molar-refractivity contribution in [2.75, 3.05) is 30.8 Å². The first kappa shape index (κ1) is 13.4. The second-order valence-corrected chi connectivity index (χ2v) is 4.01. The number of nitrogen functional groups attached to an aromatic ring is 1. The maximum absolute atomic E-state index is 12.2. The van der Waals surface area contributed by atoms with Gasteiger partial charge in [-0.3, -0.25) is 4.90 Å². The van der Waals surface area contributed by atoms with Crippen molar-refractivity contribution >= 4 is 17.4 Å². The zero-order chi connectivity index (χ0) is 12.8. The molecule has 0 aliphatic rings. The average Bonchev–Trinajstić information content (AvgIpc) is 2.35. The largest absolute Gasteiger partial charge is 0.397 e. The third-order valence-electron chi connectivity index (χ3n) is 2.71. The summed E-state index contributed by atoms with van der Waals surface area (Å²) in [7, 11) is 1.80. The van der Waals surface area contributed by atoms with Crippen LogP contribution in [0.4, 0.5) is 16.2 Å². The molecule has 0 saturated heterocycles. The van der Waals surface area contributed by atoms with Crippen molar-refractivity contribution in [2.45, 2.75) is 20.3 Å². The minimum absolute atomic E-state index is 0.00718. The predicted octanol–water partition coefficient (Wildman–Crippen LogP) is 2.56. The summed E-state index contributed by atoms with van der Waals surface area (Å²) in [6.07, 6.45) is 0.900. The molecule has 0 aliphatic carbocycles. The van der Waals surface area contributed by atoms with E-state index in [1.54, 1.807) is 16.8 Å². The quantitative estimate of drug-likeness (QED) is 0.815. The van der Waals surface area contributed by atoms with Crippen molar-refractivity contribution < 1.29 is 4.79 Å². The molecular formula is C13H21N3O. The van der Waals surface area contributed by atoms with Crippen LogP contribution in [0, 0.1) is 0 Å². The monoisotopic (exact) mass is 235 g/mol. The van der Waals surface area contributed by atoms with Gasteiger partial charge in [0, 0.05) is 20.1 Å². The lowest BCUT2D eigenvalue weighted by atomic mass is 10.2. The highest BCUT2D eigenvalue weighted by Gasteiger charge is 2.19. The number of carbonyl (C=O) groups excluding carboxylic acids is 1. The number of nitrogens with two attached hydrogens (primary N) is 1. The third-order valence-corrected chi connectivity index (χ3v) is 2.71. The van der Waals surface area contributed by atoms with Crippen molar-refractivity contribution in [1.29, 1.82) is 0 Å². The first-order valence-corrected chi connectivity index (χ1v) is 5.98. The van der Waals surface area contributed by atoms with Crippen molar-refractivity contribution in [3.05, 3.63) is 24.3 Å². The van der Waals surface area contributed by atoms with Gasteiger partial charge in [-0.1, -0.05) is 19.1 Å². The van der Waals surface area contributed by atoms with Gasteiger partial charge in [0.2, 0.25) is 0 Å². The molecule has 1 aromatic carbocycles. The van der Waals surface area contributed by atoms with Gasteiger partial charge in [-0.25, -0.2) is 4.79 Å². The van der Waals surface area contributed by atoms with Gasteiger partial charge in [-0.2, -0.15) is 0 Å². The summed E-state index contributed by atoms with van der Waals surface area (Å²) < 4.78 is 0. The lowest BCUT2D eigenvalue weighted by molar-refractivity contribution is 0.217. The van der Waals surface area contributed by atoms with E-state index in [0.717, 1.165) is 12.1 Å². The molecule has 4 nitrogen and oxygen atoms in total. The maximum atomic E-state index is 12.2. The van der Waals surface area contributed by atoms with E-state index in [1.165, 1.54) is 0 Å². The van der Waals surface area contributed by atoms with Crippen molar-refractivity contribution in [1.82, 2.24) is 4.90 Å².